The molecule has 2 aromatic rings. The molecule has 0 unspecified atom stereocenters. The second kappa shape index (κ2) is 8.75. The number of hydrogen-bond acceptors (Lipinski definition) is 4. The van der Waals surface area contributed by atoms with E-state index in [4.69, 9.17) is 9.47 Å². The molecule has 1 saturated heterocycles. The van der Waals surface area contributed by atoms with E-state index in [1.807, 2.05) is 55.5 Å². The van der Waals surface area contributed by atoms with E-state index in [-0.39, 0.29) is 11.9 Å². The van der Waals surface area contributed by atoms with Crippen LogP contribution in [0.15, 0.2) is 48.5 Å². The molecule has 7 heteroatoms. The van der Waals surface area contributed by atoms with E-state index < -0.39 is 5.41 Å². The lowest BCUT2D eigenvalue weighted by atomic mass is 9.87. The maximum Gasteiger partial charge on any atom is 0.319 e. The summed E-state index contributed by atoms with van der Waals surface area (Å²) in [5, 5.41) is 8.52. The number of hydrogen-bond donors (Lipinski definition) is 3. The van der Waals surface area contributed by atoms with Gasteiger partial charge in [0.1, 0.15) is 5.75 Å². The van der Waals surface area contributed by atoms with Crippen LogP contribution in [0.2, 0.25) is 0 Å². The lowest BCUT2D eigenvalue weighted by Crippen LogP contribution is -2.51. The number of carbonyl (C=O) groups excluding carboxylic acids is 2. The summed E-state index contributed by atoms with van der Waals surface area (Å²) in [5.74, 6) is 0.776. The first-order valence-electron chi connectivity index (χ1n) is 9.11. The fraction of sp³-hybridized carbons (Fsp3) is 0.333. The first-order valence-corrected chi connectivity index (χ1v) is 9.11. The Morgan fingerprint density at radius 1 is 0.964 bits per heavy atom. The van der Waals surface area contributed by atoms with Crippen LogP contribution in [0.3, 0.4) is 0 Å². The van der Waals surface area contributed by atoms with Crippen LogP contribution < -0.4 is 20.7 Å². The summed E-state index contributed by atoms with van der Waals surface area (Å²) in [6.07, 6.45) is 0. The van der Waals surface area contributed by atoms with E-state index in [1.165, 1.54) is 0 Å². The molecule has 0 aromatic heterocycles. The SMILES string of the molecule is COc1ccc(CNC(=O)Nc2ccc(CNC(=O)C3(C)COC3)cc2)cc1. The predicted octanol–water partition coefficient (Wildman–Crippen LogP) is 2.67. The zero-order valence-corrected chi connectivity index (χ0v) is 16.1. The van der Waals surface area contributed by atoms with Crippen LogP contribution in [0.5, 0.6) is 5.75 Å². The number of nitrogens with one attached hydrogen (secondary N) is 3. The molecular weight excluding hydrogens is 358 g/mol. The number of methoxy groups -OCH3 is 1. The summed E-state index contributed by atoms with van der Waals surface area (Å²) in [5.41, 5.74) is 2.21. The molecule has 3 rings (SSSR count). The smallest absolute Gasteiger partial charge is 0.319 e. The zero-order valence-electron chi connectivity index (χ0n) is 16.1. The van der Waals surface area contributed by atoms with Gasteiger partial charge in [0.2, 0.25) is 5.91 Å². The minimum atomic E-state index is -0.413. The molecule has 28 heavy (non-hydrogen) atoms. The third kappa shape index (κ3) is 5.01. The molecular formula is C21H25N3O4. The van der Waals surface area contributed by atoms with Gasteiger partial charge in [-0.3, -0.25) is 4.79 Å². The maximum atomic E-state index is 12.1. The van der Waals surface area contributed by atoms with Crippen molar-refractivity contribution < 1.29 is 19.1 Å². The molecule has 0 radical (unpaired) electrons. The third-order valence-electron chi connectivity index (χ3n) is 4.67. The Morgan fingerprint density at radius 2 is 1.54 bits per heavy atom. The summed E-state index contributed by atoms with van der Waals surface area (Å²) in [7, 11) is 1.61. The van der Waals surface area contributed by atoms with Gasteiger partial charge in [-0.25, -0.2) is 4.79 Å². The first-order chi connectivity index (χ1) is 13.5. The molecule has 7 nitrogen and oxygen atoms in total. The summed E-state index contributed by atoms with van der Waals surface area (Å²) >= 11 is 0. The number of anilines is 1. The molecule has 1 fully saturated rings. The first kappa shape index (κ1) is 19.7. The second-order valence-electron chi connectivity index (χ2n) is 7.09. The van der Waals surface area contributed by atoms with Crippen LogP contribution in [0.25, 0.3) is 0 Å². The molecule has 1 heterocycles. The molecule has 148 valence electrons. The van der Waals surface area contributed by atoms with Crippen molar-refractivity contribution in [1.82, 2.24) is 10.6 Å². The molecule has 0 bridgehead atoms. The van der Waals surface area contributed by atoms with Crippen molar-refractivity contribution >= 4 is 17.6 Å². The fourth-order valence-electron chi connectivity index (χ4n) is 2.74. The van der Waals surface area contributed by atoms with Gasteiger partial charge >= 0.3 is 6.03 Å². The Hall–Kier alpha value is -3.06. The Morgan fingerprint density at radius 3 is 2.07 bits per heavy atom. The standard InChI is InChI=1S/C21H25N3O4/c1-21(13-28-14-21)19(25)22-11-15-3-7-17(8-4-15)24-20(26)23-12-16-5-9-18(27-2)10-6-16/h3-10H,11-14H2,1-2H3,(H,22,25)(H2,23,24,26). The minimum Gasteiger partial charge on any atom is -0.497 e. The normalized spacial score (nSPS) is 14.5. The number of rotatable bonds is 7. The van der Waals surface area contributed by atoms with Crippen LogP contribution in [0, 0.1) is 5.41 Å². The van der Waals surface area contributed by atoms with Gasteiger partial charge in [0.15, 0.2) is 0 Å². The van der Waals surface area contributed by atoms with Crippen molar-refractivity contribution in [1.29, 1.82) is 0 Å². The van der Waals surface area contributed by atoms with Crippen LogP contribution in [-0.2, 0) is 22.6 Å². The molecule has 1 aliphatic rings. The maximum absolute atomic E-state index is 12.1. The van der Waals surface area contributed by atoms with Crippen molar-refractivity contribution in [3.63, 3.8) is 0 Å². The molecule has 0 atom stereocenters. The van der Waals surface area contributed by atoms with Crippen molar-refractivity contribution in [3.8, 4) is 5.75 Å². The number of amides is 3. The summed E-state index contributed by atoms with van der Waals surface area (Å²) in [6, 6.07) is 14.6. The van der Waals surface area contributed by atoms with Crippen molar-refractivity contribution in [2.24, 2.45) is 5.41 Å². The summed E-state index contributed by atoms with van der Waals surface area (Å²) in [6.45, 7) is 3.69. The van der Waals surface area contributed by atoms with Gasteiger partial charge < -0.3 is 25.4 Å². The molecule has 0 aliphatic carbocycles. The van der Waals surface area contributed by atoms with Crippen LogP contribution in [0.1, 0.15) is 18.1 Å². The fourth-order valence-corrected chi connectivity index (χ4v) is 2.74. The Balaban J connectivity index is 1.42. The van der Waals surface area contributed by atoms with Gasteiger partial charge in [-0.2, -0.15) is 0 Å². The largest absolute Gasteiger partial charge is 0.497 e. The summed E-state index contributed by atoms with van der Waals surface area (Å²) in [4.78, 5) is 24.1. The van der Waals surface area contributed by atoms with E-state index in [0.717, 1.165) is 16.9 Å². The molecule has 2 aromatic carbocycles. The number of carbonyl (C=O) groups is 2. The summed E-state index contributed by atoms with van der Waals surface area (Å²) < 4.78 is 10.2. The lowest BCUT2D eigenvalue weighted by Gasteiger charge is -2.36. The number of ether oxygens (including phenoxy) is 2. The van der Waals surface area contributed by atoms with E-state index in [1.54, 1.807) is 7.11 Å². The highest BCUT2D eigenvalue weighted by atomic mass is 16.5. The monoisotopic (exact) mass is 383 g/mol. The van der Waals surface area contributed by atoms with Gasteiger partial charge in [-0.05, 0) is 42.3 Å². The van der Waals surface area contributed by atoms with E-state index in [9.17, 15) is 9.59 Å². The topological polar surface area (TPSA) is 88.7 Å². The molecule has 3 N–H and O–H groups in total. The van der Waals surface area contributed by atoms with Crippen LogP contribution >= 0.6 is 0 Å². The van der Waals surface area contributed by atoms with Gasteiger partial charge in [0.05, 0.1) is 25.7 Å². The van der Waals surface area contributed by atoms with Gasteiger partial charge in [0, 0.05) is 18.8 Å². The van der Waals surface area contributed by atoms with Crippen LogP contribution in [-0.4, -0.2) is 32.3 Å². The quantitative estimate of drug-likeness (QED) is 0.686. The molecule has 0 saturated carbocycles. The van der Waals surface area contributed by atoms with E-state index >= 15 is 0 Å². The Labute approximate surface area is 164 Å². The zero-order chi connectivity index (χ0) is 20.0. The van der Waals surface area contributed by atoms with Gasteiger partial charge in [-0.1, -0.05) is 24.3 Å². The number of benzene rings is 2. The van der Waals surface area contributed by atoms with E-state index in [2.05, 4.69) is 16.0 Å². The van der Waals surface area contributed by atoms with Crippen molar-refractivity contribution in [2.45, 2.75) is 20.0 Å². The van der Waals surface area contributed by atoms with Gasteiger partial charge in [-0.15, -0.1) is 0 Å². The third-order valence-corrected chi connectivity index (χ3v) is 4.67. The highest BCUT2D eigenvalue weighted by Gasteiger charge is 2.40. The lowest BCUT2D eigenvalue weighted by molar-refractivity contribution is -0.157. The molecule has 1 aliphatic heterocycles. The Kier molecular flexibility index (Phi) is 6.16. The second-order valence-corrected chi connectivity index (χ2v) is 7.09. The highest BCUT2D eigenvalue weighted by Crippen LogP contribution is 2.26. The average Bonchev–Trinajstić information content (AvgIpc) is 2.70. The number of urea groups is 1. The average molecular weight is 383 g/mol. The van der Waals surface area contributed by atoms with Gasteiger partial charge in [0.25, 0.3) is 0 Å². The minimum absolute atomic E-state index is 0.00105. The van der Waals surface area contributed by atoms with Crippen molar-refractivity contribution in [3.05, 3.63) is 59.7 Å². The Bertz CT molecular complexity index is 815. The van der Waals surface area contributed by atoms with Crippen LogP contribution in [0.4, 0.5) is 10.5 Å². The predicted molar refractivity (Wildman–Crippen MR) is 106 cm³/mol. The van der Waals surface area contributed by atoms with E-state index in [0.29, 0.717) is 32.0 Å². The molecule has 0 spiro atoms. The highest BCUT2D eigenvalue weighted by molar-refractivity contribution is 5.89. The van der Waals surface area contributed by atoms with Crippen molar-refractivity contribution in [2.75, 3.05) is 25.6 Å². The molecule has 3 amide bonds.